The molecule has 0 fully saturated rings. The van der Waals surface area contributed by atoms with Crippen LogP contribution < -0.4 is 10.1 Å². The predicted octanol–water partition coefficient (Wildman–Crippen LogP) is 2.56. The topological polar surface area (TPSA) is 58.6 Å². The standard InChI is InChI=1S/C15H22FNO3/c1-4-5-8-17-15(19)11(3)20-14-9-12(16)6-7-13(14)10(2)18/h6-7,9-11,18H,4-5,8H2,1-3H3,(H,17,19)/t10-,11?/m0/s1. The Bertz CT molecular complexity index is 449. The van der Waals surface area contributed by atoms with Crippen molar-refractivity contribution in [3.05, 3.63) is 29.6 Å². The molecule has 112 valence electrons. The number of ether oxygens (including phenoxy) is 1. The summed E-state index contributed by atoms with van der Waals surface area (Å²) in [4.78, 5) is 11.8. The van der Waals surface area contributed by atoms with E-state index in [0.29, 0.717) is 12.1 Å². The molecule has 2 N–H and O–H groups in total. The van der Waals surface area contributed by atoms with E-state index in [1.807, 2.05) is 6.92 Å². The fourth-order valence-electron chi connectivity index (χ4n) is 1.73. The average Bonchev–Trinajstić information content (AvgIpc) is 2.38. The Balaban J connectivity index is 2.71. The minimum atomic E-state index is -0.791. The molecule has 1 aromatic carbocycles. The van der Waals surface area contributed by atoms with Crippen molar-refractivity contribution >= 4 is 5.91 Å². The molecule has 0 heterocycles. The number of carbonyl (C=O) groups is 1. The minimum absolute atomic E-state index is 0.193. The number of benzene rings is 1. The maximum Gasteiger partial charge on any atom is 0.260 e. The summed E-state index contributed by atoms with van der Waals surface area (Å²) in [5.74, 6) is -0.527. The lowest BCUT2D eigenvalue weighted by molar-refractivity contribution is -0.127. The molecule has 5 heteroatoms. The van der Waals surface area contributed by atoms with Crippen molar-refractivity contribution in [2.45, 2.75) is 45.8 Å². The average molecular weight is 283 g/mol. The van der Waals surface area contributed by atoms with Gasteiger partial charge in [-0.25, -0.2) is 4.39 Å². The molecule has 4 nitrogen and oxygen atoms in total. The van der Waals surface area contributed by atoms with Crippen LogP contribution in [0.3, 0.4) is 0 Å². The van der Waals surface area contributed by atoms with E-state index in [1.165, 1.54) is 18.2 Å². The van der Waals surface area contributed by atoms with Gasteiger partial charge < -0.3 is 15.2 Å². The third-order valence-electron chi connectivity index (χ3n) is 2.93. The molecule has 0 saturated carbocycles. The minimum Gasteiger partial charge on any atom is -0.480 e. The molecular weight excluding hydrogens is 261 g/mol. The largest absolute Gasteiger partial charge is 0.480 e. The smallest absolute Gasteiger partial charge is 0.260 e. The number of rotatable bonds is 7. The molecule has 0 saturated heterocycles. The van der Waals surface area contributed by atoms with Gasteiger partial charge in [-0.3, -0.25) is 4.79 Å². The lowest BCUT2D eigenvalue weighted by atomic mass is 10.1. The molecule has 1 unspecified atom stereocenters. The third-order valence-corrected chi connectivity index (χ3v) is 2.93. The van der Waals surface area contributed by atoms with E-state index < -0.39 is 18.0 Å². The fourth-order valence-corrected chi connectivity index (χ4v) is 1.73. The van der Waals surface area contributed by atoms with Gasteiger partial charge in [0.25, 0.3) is 5.91 Å². The summed E-state index contributed by atoms with van der Waals surface area (Å²) < 4.78 is 18.7. The Morgan fingerprint density at radius 3 is 2.75 bits per heavy atom. The Morgan fingerprint density at radius 1 is 1.45 bits per heavy atom. The normalized spacial score (nSPS) is 13.7. The number of amides is 1. The quantitative estimate of drug-likeness (QED) is 0.756. The number of hydrogen-bond acceptors (Lipinski definition) is 3. The summed E-state index contributed by atoms with van der Waals surface area (Å²) in [6.07, 6.45) is 0.357. The Hall–Kier alpha value is -1.62. The number of halogens is 1. The van der Waals surface area contributed by atoms with Crippen LogP contribution in [0.25, 0.3) is 0 Å². The summed E-state index contributed by atoms with van der Waals surface area (Å²) in [5.41, 5.74) is 0.458. The first-order valence-electron chi connectivity index (χ1n) is 6.87. The second-order valence-corrected chi connectivity index (χ2v) is 4.76. The van der Waals surface area contributed by atoms with Gasteiger partial charge in [0.2, 0.25) is 0 Å². The van der Waals surface area contributed by atoms with Crippen molar-refractivity contribution in [1.29, 1.82) is 0 Å². The van der Waals surface area contributed by atoms with Gasteiger partial charge in [0.05, 0.1) is 6.10 Å². The Labute approximate surface area is 119 Å². The molecule has 0 aliphatic heterocycles. The van der Waals surface area contributed by atoms with E-state index in [4.69, 9.17) is 4.74 Å². The van der Waals surface area contributed by atoms with Crippen LogP contribution in [-0.4, -0.2) is 23.7 Å². The molecule has 1 amide bonds. The number of nitrogens with one attached hydrogen (secondary N) is 1. The molecule has 0 aromatic heterocycles. The van der Waals surface area contributed by atoms with Gasteiger partial charge in [-0.05, 0) is 32.4 Å². The van der Waals surface area contributed by atoms with E-state index in [-0.39, 0.29) is 11.7 Å². The first kappa shape index (κ1) is 16.4. The van der Waals surface area contributed by atoms with E-state index in [9.17, 15) is 14.3 Å². The van der Waals surface area contributed by atoms with Gasteiger partial charge in [0, 0.05) is 18.2 Å². The molecule has 2 atom stereocenters. The number of unbranched alkanes of at least 4 members (excludes halogenated alkanes) is 1. The van der Waals surface area contributed by atoms with Gasteiger partial charge >= 0.3 is 0 Å². The van der Waals surface area contributed by atoms with Gasteiger partial charge in [0.1, 0.15) is 11.6 Å². The SMILES string of the molecule is CCCCNC(=O)C(C)Oc1cc(F)ccc1[C@H](C)O. The first-order chi connectivity index (χ1) is 9.45. The second-order valence-electron chi connectivity index (χ2n) is 4.76. The number of aliphatic hydroxyl groups is 1. The van der Waals surface area contributed by atoms with Crippen molar-refractivity contribution in [2.75, 3.05) is 6.54 Å². The van der Waals surface area contributed by atoms with Crippen LogP contribution in [0.15, 0.2) is 18.2 Å². The molecule has 0 bridgehead atoms. The van der Waals surface area contributed by atoms with Crippen LogP contribution in [0, 0.1) is 5.82 Å². The van der Waals surface area contributed by atoms with E-state index in [1.54, 1.807) is 13.8 Å². The highest BCUT2D eigenvalue weighted by molar-refractivity contribution is 5.80. The Kier molecular flexibility index (Phi) is 6.45. The monoisotopic (exact) mass is 283 g/mol. The van der Waals surface area contributed by atoms with Gasteiger partial charge in [-0.15, -0.1) is 0 Å². The van der Waals surface area contributed by atoms with Crippen LogP contribution in [0.5, 0.6) is 5.75 Å². The van der Waals surface area contributed by atoms with Crippen molar-refractivity contribution < 1.29 is 19.0 Å². The van der Waals surface area contributed by atoms with Crippen molar-refractivity contribution in [3.8, 4) is 5.75 Å². The summed E-state index contributed by atoms with van der Waals surface area (Å²) in [7, 11) is 0. The molecule has 0 aliphatic carbocycles. The maximum absolute atomic E-state index is 13.2. The van der Waals surface area contributed by atoms with Crippen molar-refractivity contribution in [2.24, 2.45) is 0 Å². The molecule has 1 rings (SSSR count). The number of aliphatic hydroxyl groups excluding tert-OH is 1. The zero-order valence-electron chi connectivity index (χ0n) is 12.1. The van der Waals surface area contributed by atoms with Gasteiger partial charge in [0.15, 0.2) is 6.10 Å². The molecule has 20 heavy (non-hydrogen) atoms. The number of hydrogen-bond donors (Lipinski definition) is 2. The van der Waals surface area contributed by atoms with Crippen LogP contribution >= 0.6 is 0 Å². The highest BCUT2D eigenvalue weighted by Gasteiger charge is 2.18. The van der Waals surface area contributed by atoms with Crippen molar-refractivity contribution in [1.82, 2.24) is 5.32 Å². The molecular formula is C15H22FNO3. The maximum atomic E-state index is 13.2. The highest BCUT2D eigenvalue weighted by atomic mass is 19.1. The summed E-state index contributed by atoms with van der Waals surface area (Å²) in [6.45, 7) is 5.78. The highest BCUT2D eigenvalue weighted by Crippen LogP contribution is 2.26. The zero-order valence-corrected chi connectivity index (χ0v) is 12.1. The number of carbonyl (C=O) groups excluding carboxylic acids is 1. The van der Waals surface area contributed by atoms with Crippen LogP contribution in [0.4, 0.5) is 4.39 Å². The summed E-state index contributed by atoms with van der Waals surface area (Å²) in [6, 6.07) is 3.88. The van der Waals surface area contributed by atoms with Crippen LogP contribution in [0.1, 0.15) is 45.3 Å². The Morgan fingerprint density at radius 2 is 2.15 bits per heavy atom. The molecule has 0 aliphatic rings. The van der Waals surface area contributed by atoms with E-state index >= 15 is 0 Å². The van der Waals surface area contributed by atoms with Gasteiger partial charge in [-0.1, -0.05) is 13.3 Å². The molecule has 0 radical (unpaired) electrons. The first-order valence-corrected chi connectivity index (χ1v) is 6.87. The van der Waals surface area contributed by atoms with E-state index in [0.717, 1.165) is 12.8 Å². The third kappa shape index (κ3) is 4.81. The lowest BCUT2D eigenvalue weighted by Crippen LogP contribution is -2.37. The second kappa shape index (κ2) is 7.85. The molecule has 0 spiro atoms. The van der Waals surface area contributed by atoms with Gasteiger partial charge in [-0.2, -0.15) is 0 Å². The fraction of sp³-hybridized carbons (Fsp3) is 0.533. The summed E-state index contributed by atoms with van der Waals surface area (Å²) >= 11 is 0. The van der Waals surface area contributed by atoms with Crippen LogP contribution in [-0.2, 0) is 4.79 Å². The predicted molar refractivity (Wildman–Crippen MR) is 75.0 cm³/mol. The van der Waals surface area contributed by atoms with Crippen LogP contribution in [0.2, 0.25) is 0 Å². The van der Waals surface area contributed by atoms with Crippen molar-refractivity contribution in [3.63, 3.8) is 0 Å². The van der Waals surface area contributed by atoms with E-state index in [2.05, 4.69) is 5.32 Å². The molecule has 1 aromatic rings. The summed E-state index contributed by atoms with van der Waals surface area (Å²) in [5, 5.41) is 12.4. The zero-order chi connectivity index (χ0) is 15.1. The lowest BCUT2D eigenvalue weighted by Gasteiger charge is -2.18.